The molecule has 2 aromatic rings. The molecule has 0 aliphatic carbocycles. The van der Waals surface area contributed by atoms with Crippen molar-refractivity contribution in [3.05, 3.63) is 51.8 Å². The number of piperidine rings is 1. The smallest absolute Gasteiger partial charge is 0.343 e. The maximum absolute atomic E-state index is 12.6. The number of benzene rings is 1. The molecule has 6 nitrogen and oxygen atoms in total. The molecule has 156 valence electrons. The van der Waals surface area contributed by atoms with Crippen molar-refractivity contribution >= 4 is 23.5 Å². The summed E-state index contributed by atoms with van der Waals surface area (Å²) in [6.07, 6.45) is 4.05. The fraction of sp³-hybridized carbons (Fsp3) is 0.500. The van der Waals surface area contributed by atoms with Crippen molar-refractivity contribution in [1.82, 2.24) is 14.7 Å². The lowest BCUT2D eigenvalue weighted by Crippen LogP contribution is -2.45. The number of carbonyl (C=O) groups excluding carboxylic acids is 2. The monoisotopic (exact) mass is 417 g/mol. The SMILES string of the molecule is CC[C@H]1CCCCN1C(=O)COC(=O)c1c(C)nn(Cc2ccc(C)cc2)c1Cl. The van der Waals surface area contributed by atoms with Crippen molar-refractivity contribution in [2.75, 3.05) is 13.2 Å². The number of esters is 1. The van der Waals surface area contributed by atoms with Crippen LogP contribution < -0.4 is 0 Å². The molecular formula is C22H28ClN3O3. The van der Waals surface area contributed by atoms with Crippen LogP contribution in [0.25, 0.3) is 0 Å². The Morgan fingerprint density at radius 3 is 2.62 bits per heavy atom. The second-order valence-corrected chi connectivity index (χ2v) is 7.97. The van der Waals surface area contributed by atoms with Crippen LogP contribution >= 0.6 is 11.6 Å². The van der Waals surface area contributed by atoms with Crippen molar-refractivity contribution in [3.63, 3.8) is 0 Å². The van der Waals surface area contributed by atoms with E-state index < -0.39 is 5.97 Å². The van der Waals surface area contributed by atoms with Crippen molar-refractivity contribution < 1.29 is 14.3 Å². The van der Waals surface area contributed by atoms with Crippen molar-refractivity contribution in [2.45, 2.75) is 59.0 Å². The van der Waals surface area contributed by atoms with Crippen molar-refractivity contribution in [2.24, 2.45) is 0 Å². The molecule has 3 rings (SSSR count). The van der Waals surface area contributed by atoms with Crippen LogP contribution in [0.15, 0.2) is 24.3 Å². The van der Waals surface area contributed by atoms with Gasteiger partial charge in [-0.1, -0.05) is 48.4 Å². The molecule has 1 atom stereocenters. The Morgan fingerprint density at radius 1 is 1.21 bits per heavy atom. The molecule has 0 spiro atoms. The van der Waals surface area contributed by atoms with Crippen LogP contribution in [0.2, 0.25) is 5.15 Å². The Labute approximate surface area is 176 Å². The first kappa shape index (κ1) is 21.4. The highest BCUT2D eigenvalue weighted by Gasteiger charge is 2.27. The van der Waals surface area contributed by atoms with Crippen LogP contribution in [0.5, 0.6) is 0 Å². The lowest BCUT2D eigenvalue weighted by Gasteiger charge is -2.35. The van der Waals surface area contributed by atoms with Crippen LogP contribution in [-0.2, 0) is 16.1 Å². The summed E-state index contributed by atoms with van der Waals surface area (Å²) in [5.74, 6) is -0.758. The molecule has 29 heavy (non-hydrogen) atoms. The van der Waals surface area contributed by atoms with Gasteiger partial charge in [0.15, 0.2) is 6.61 Å². The maximum atomic E-state index is 12.6. The van der Waals surface area contributed by atoms with E-state index in [2.05, 4.69) is 12.0 Å². The quantitative estimate of drug-likeness (QED) is 0.662. The molecule has 1 aliphatic rings. The van der Waals surface area contributed by atoms with Gasteiger partial charge in [-0.25, -0.2) is 9.48 Å². The normalized spacial score (nSPS) is 16.7. The third-order valence-electron chi connectivity index (χ3n) is 5.47. The minimum atomic E-state index is -0.610. The number of halogens is 1. The summed E-state index contributed by atoms with van der Waals surface area (Å²) < 4.78 is 6.89. The largest absolute Gasteiger partial charge is 0.452 e. The highest BCUT2D eigenvalue weighted by atomic mass is 35.5. The van der Waals surface area contributed by atoms with Gasteiger partial charge in [-0.15, -0.1) is 0 Å². The van der Waals surface area contributed by atoms with Gasteiger partial charge in [0.25, 0.3) is 5.91 Å². The number of carbonyl (C=O) groups is 2. The average Bonchev–Trinajstić information content (AvgIpc) is 3.00. The summed E-state index contributed by atoms with van der Waals surface area (Å²) in [5.41, 5.74) is 2.91. The van der Waals surface area contributed by atoms with Crippen LogP contribution in [-0.4, -0.2) is 45.8 Å². The highest BCUT2D eigenvalue weighted by molar-refractivity contribution is 6.32. The van der Waals surface area contributed by atoms with E-state index in [9.17, 15) is 9.59 Å². The molecule has 0 bridgehead atoms. The number of hydrogen-bond donors (Lipinski definition) is 0. The van der Waals surface area contributed by atoms with E-state index >= 15 is 0 Å². The third kappa shape index (κ3) is 4.99. The number of likely N-dealkylation sites (tertiary alicyclic amines) is 1. The minimum Gasteiger partial charge on any atom is -0.452 e. The molecule has 1 aliphatic heterocycles. The number of aryl methyl sites for hydroxylation is 2. The molecule has 0 radical (unpaired) electrons. The Balaban J connectivity index is 1.65. The first-order valence-electron chi connectivity index (χ1n) is 10.2. The van der Waals surface area contributed by atoms with Gasteiger partial charge in [0, 0.05) is 12.6 Å². The average molecular weight is 418 g/mol. The van der Waals surface area contributed by atoms with Crippen LogP contribution in [0.1, 0.15) is 59.8 Å². The van der Waals surface area contributed by atoms with Gasteiger partial charge < -0.3 is 9.64 Å². The number of amides is 1. The zero-order valence-corrected chi connectivity index (χ0v) is 18.0. The zero-order valence-electron chi connectivity index (χ0n) is 17.3. The Bertz CT molecular complexity index is 876. The van der Waals surface area contributed by atoms with Gasteiger partial charge in [-0.2, -0.15) is 5.10 Å². The predicted octanol–water partition coefficient (Wildman–Crippen LogP) is 4.15. The van der Waals surface area contributed by atoms with E-state index in [0.717, 1.165) is 37.8 Å². The van der Waals surface area contributed by atoms with E-state index in [1.54, 1.807) is 11.6 Å². The molecule has 0 saturated carbocycles. The Kier molecular flexibility index (Phi) is 6.96. The number of nitrogens with zero attached hydrogens (tertiary/aromatic N) is 3. The lowest BCUT2D eigenvalue weighted by atomic mass is 10.00. The molecular weight excluding hydrogens is 390 g/mol. The number of rotatable bonds is 6. The van der Waals surface area contributed by atoms with Gasteiger partial charge in [-0.05, 0) is 45.1 Å². The van der Waals surface area contributed by atoms with Crippen molar-refractivity contribution in [3.8, 4) is 0 Å². The lowest BCUT2D eigenvalue weighted by molar-refractivity contribution is -0.138. The summed E-state index contributed by atoms with van der Waals surface area (Å²) in [4.78, 5) is 27.0. The molecule has 7 heteroatoms. The van der Waals surface area contributed by atoms with Gasteiger partial charge in [0.05, 0.1) is 12.2 Å². The molecule has 0 unspecified atom stereocenters. The van der Waals surface area contributed by atoms with E-state index in [0.29, 0.717) is 12.2 Å². The molecule has 1 saturated heterocycles. The number of hydrogen-bond acceptors (Lipinski definition) is 4. The zero-order chi connectivity index (χ0) is 21.0. The fourth-order valence-electron chi connectivity index (χ4n) is 3.79. The molecule has 1 amide bonds. The maximum Gasteiger partial charge on any atom is 0.343 e. The number of ether oxygens (including phenoxy) is 1. The van der Waals surface area contributed by atoms with E-state index in [1.165, 1.54) is 5.56 Å². The summed E-state index contributed by atoms with van der Waals surface area (Å²) in [6.45, 7) is 6.73. The van der Waals surface area contributed by atoms with E-state index in [-0.39, 0.29) is 29.3 Å². The van der Waals surface area contributed by atoms with Crippen LogP contribution in [0, 0.1) is 13.8 Å². The molecule has 2 heterocycles. The van der Waals surface area contributed by atoms with Gasteiger partial charge >= 0.3 is 5.97 Å². The summed E-state index contributed by atoms with van der Waals surface area (Å²) in [6, 6.07) is 8.27. The van der Waals surface area contributed by atoms with E-state index in [4.69, 9.17) is 16.3 Å². The third-order valence-corrected chi connectivity index (χ3v) is 5.85. The summed E-state index contributed by atoms with van der Waals surface area (Å²) in [5, 5.41) is 4.61. The first-order chi connectivity index (χ1) is 13.9. The summed E-state index contributed by atoms with van der Waals surface area (Å²) in [7, 11) is 0. The molecule has 1 aromatic carbocycles. The Hall–Kier alpha value is -2.34. The topological polar surface area (TPSA) is 64.4 Å². The first-order valence-corrected chi connectivity index (χ1v) is 10.5. The van der Waals surface area contributed by atoms with Gasteiger partial charge in [0.2, 0.25) is 0 Å². The molecule has 1 aromatic heterocycles. The van der Waals surface area contributed by atoms with Gasteiger partial charge in [-0.3, -0.25) is 4.79 Å². The Morgan fingerprint density at radius 2 is 1.93 bits per heavy atom. The minimum absolute atomic E-state index is 0.147. The second-order valence-electron chi connectivity index (χ2n) is 7.62. The van der Waals surface area contributed by atoms with Crippen LogP contribution in [0.3, 0.4) is 0 Å². The molecule has 0 N–H and O–H groups in total. The van der Waals surface area contributed by atoms with Gasteiger partial charge in [0.1, 0.15) is 10.7 Å². The van der Waals surface area contributed by atoms with Crippen LogP contribution in [0.4, 0.5) is 0 Å². The second kappa shape index (κ2) is 9.44. The molecule has 1 fully saturated rings. The highest BCUT2D eigenvalue weighted by Crippen LogP contribution is 2.23. The summed E-state index contributed by atoms with van der Waals surface area (Å²) >= 11 is 6.42. The standard InChI is InChI=1S/C22H28ClN3O3/c1-4-18-7-5-6-12-25(18)19(27)14-29-22(28)20-16(3)24-26(21(20)23)13-17-10-8-15(2)9-11-17/h8-11,18H,4-7,12-14H2,1-3H3/t18-/m0/s1. The predicted molar refractivity (Wildman–Crippen MR) is 112 cm³/mol. The number of aromatic nitrogens is 2. The van der Waals surface area contributed by atoms with E-state index in [1.807, 2.05) is 36.1 Å². The fourth-order valence-corrected chi connectivity index (χ4v) is 4.10. The van der Waals surface area contributed by atoms with Crippen molar-refractivity contribution in [1.29, 1.82) is 0 Å².